The molecule has 1 aromatic heterocycles. The lowest BCUT2D eigenvalue weighted by atomic mass is 10.2. The molecule has 19 heavy (non-hydrogen) atoms. The number of sulfonamides is 1. The minimum atomic E-state index is -3.31. The molecule has 0 spiro atoms. The van der Waals surface area contributed by atoms with Gasteiger partial charge in [0.25, 0.3) is 5.91 Å². The first kappa shape index (κ1) is 15.4. The number of pyridine rings is 1. The van der Waals surface area contributed by atoms with Crippen molar-refractivity contribution in [2.75, 3.05) is 31.2 Å². The molecule has 106 valence electrons. The van der Waals surface area contributed by atoms with Crippen molar-refractivity contribution in [2.24, 2.45) is 0 Å². The molecule has 0 aromatic carbocycles. The van der Waals surface area contributed by atoms with E-state index in [1.807, 2.05) is 0 Å². The summed E-state index contributed by atoms with van der Waals surface area (Å²) in [5.74, 6) is 0.106. The molecule has 8 heteroatoms. The molecule has 0 saturated heterocycles. The minimum Gasteiger partial charge on any atom is -0.373 e. The molecule has 0 radical (unpaired) electrons. The van der Waals surface area contributed by atoms with Crippen molar-refractivity contribution in [1.82, 2.24) is 15.0 Å². The Kier molecular flexibility index (Phi) is 5.71. The molecule has 1 rings (SSSR count). The maximum atomic E-state index is 11.8. The molecule has 0 saturated carbocycles. The van der Waals surface area contributed by atoms with E-state index in [1.165, 1.54) is 6.20 Å². The van der Waals surface area contributed by atoms with Crippen LogP contribution in [0.15, 0.2) is 18.3 Å². The maximum Gasteiger partial charge on any atom is 0.251 e. The van der Waals surface area contributed by atoms with Crippen LogP contribution in [0.25, 0.3) is 0 Å². The highest BCUT2D eigenvalue weighted by Crippen LogP contribution is 2.05. The van der Waals surface area contributed by atoms with Crippen LogP contribution in [-0.2, 0) is 10.0 Å². The summed E-state index contributed by atoms with van der Waals surface area (Å²) in [7, 11) is -1.61. The third-order valence-electron chi connectivity index (χ3n) is 2.30. The van der Waals surface area contributed by atoms with Crippen molar-refractivity contribution in [2.45, 2.75) is 6.92 Å². The first-order valence-electron chi connectivity index (χ1n) is 5.88. The normalized spacial score (nSPS) is 11.1. The van der Waals surface area contributed by atoms with E-state index < -0.39 is 10.0 Å². The second-order valence-corrected chi connectivity index (χ2v) is 5.68. The van der Waals surface area contributed by atoms with E-state index in [-0.39, 0.29) is 18.2 Å². The van der Waals surface area contributed by atoms with Crippen molar-refractivity contribution < 1.29 is 13.2 Å². The van der Waals surface area contributed by atoms with Gasteiger partial charge in [0, 0.05) is 31.9 Å². The van der Waals surface area contributed by atoms with E-state index in [2.05, 4.69) is 20.3 Å². The molecule has 0 bridgehead atoms. The van der Waals surface area contributed by atoms with Gasteiger partial charge in [0.2, 0.25) is 10.0 Å². The fraction of sp³-hybridized carbons (Fsp3) is 0.455. The zero-order valence-corrected chi connectivity index (χ0v) is 11.8. The third kappa shape index (κ3) is 5.23. The van der Waals surface area contributed by atoms with Gasteiger partial charge in [0.15, 0.2) is 0 Å². The third-order valence-corrected chi connectivity index (χ3v) is 3.77. The number of amides is 1. The van der Waals surface area contributed by atoms with Crippen molar-refractivity contribution >= 4 is 21.7 Å². The summed E-state index contributed by atoms with van der Waals surface area (Å²) in [6, 6.07) is 3.16. The quantitative estimate of drug-likeness (QED) is 0.644. The molecule has 1 heterocycles. The summed E-state index contributed by atoms with van der Waals surface area (Å²) in [6.45, 7) is 2.10. The zero-order valence-electron chi connectivity index (χ0n) is 10.9. The highest BCUT2D eigenvalue weighted by atomic mass is 32.2. The Labute approximate surface area is 112 Å². The Morgan fingerprint density at radius 3 is 2.79 bits per heavy atom. The molecule has 0 fully saturated rings. The molecule has 1 amide bonds. The van der Waals surface area contributed by atoms with Crippen LogP contribution < -0.4 is 15.4 Å². The van der Waals surface area contributed by atoms with Gasteiger partial charge in [-0.15, -0.1) is 0 Å². The highest BCUT2D eigenvalue weighted by Gasteiger charge is 2.10. The van der Waals surface area contributed by atoms with Gasteiger partial charge in [-0.25, -0.2) is 18.1 Å². The number of rotatable bonds is 7. The largest absolute Gasteiger partial charge is 0.373 e. The number of aromatic nitrogens is 1. The number of carbonyl (C=O) groups is 1. The predicted octanol–water partition coefficient (Wildman–Crippen LogP) is -0.208. The Balaban J connectivity index is 2.52. The van der Waals surface area contributed by atoms with Crippen LogP contribution in [0.2, 0.25) is 0 Å². The standard InChI is InChI=1S/C11H18N4O3S/c1-3-15-19(17,18)7-6-14-11(16)9-4-5-13-10(8-9)12-2/h4-5,8,15H,3,6-7H2,1-2H3,(H,12,13)(H,14,16). The van der Waals surface area contributed by atoms with E-state index >= 15 is 0 Å². The summed E-state index contributed by atoms with van der Waals surface area (Å²) in [6.07, 6.45) is 1.51. The minimum absolute atomic E-state index is 0.0609. The van der Waals surface area contributed by atoms with Crippen LogP contribution in [0.4, 0.5) is 5.82 Å². The van der Waals surface area contributed by atoms with E-state index in [9.17, 15) is 13.2 Å². The lowest BCUT2D eigenvalue weighted by molar-refractivity contribution is 0.0956. The van der Waals surface area contributed by atoms with Crippen molar-refractivity contribution in [3.63, 3.8) is 0 Å². The van der Waals surface area contributed by atoms with Crippen molar-refractivity contribution in [3.05, 3.63) is 23.9 Å². The number of hydrogen-bond donors (Lipinski definition) is 3. The summed E-state index contributed by atoms with van der Waals surface area (Å²) < 4.78 is 25.1. The lowest BCUT2D eigenvalue weighted by Crippen LogP contribution is -2.34. The van der Waals surface area contributed by atoms with E-state index in [1.54, 1.807) is 26.1 Å². The van der Waals surface area contributed by atoms with Crippen LogP contribution in [0.5, 0.6) is 0 Å². The molecule has 0 atom stereocenters. The summed E-state index contributed by atoms with van der Waals surface area (Å²) in [5.41, 5.74) is 0.431. The van der Waals surface area contributed by atoms with Gasteiger partial charge in [0.1, 0.15) is 5.82 Å². The van der Waals surface area contributed by atoms with Gasteiger partial charge in [-0.3, -0.25) is 4.79 Å². The first-order chi connectivity index (χ1) is 8.98. The number of hydrogen-bond acceptors (Lipinski definition) is 5. The fourth-order valence-electron chi connectivity index (χ4n) is 1.40. The van der Waals surface area contributed by atoms with Gasteiger partial charge in [-0.1, -0.05) is 6.92 Å². The summed E-state index contributed by atoms with van der Waals surface area (Å²) >= 11 is 0. The van der Waals surface area contributed by atoms with Gasteiger partial charge < -0.3 is 10.6 Å². The molecule has 0 unspecified atom stereocenters. The van der Waals surface area contributed by atoms with Gasteiger partial charge >= 0.3 is 0 Å². The molecule has 1 aromatic rings. The number of carbonyl (C=O) groups excluding carboxylic acids is 1. The van der Waals surface area contributed by atoms with Gasteiger partial charge in [-0.2, -0.15) is 0 Å². The molecular weight excluding hydrogens is 268 g/mol. The topological polar surface area (TPSA) is 100 Å². The Morgan fingerprint density at radius 2 is 2.16 bits per heavy atom. The van der Waals surface area contributed by atoms with Gasteiger partial charge in [-0.05, 0) is 12.1 Å². The van der Waals surface area contributed by atoms with Crippen LogP contribution in [0, 0.1) is 0 Å². The van der Waals surface area contributed by atoms with E-state index in [4.69, 9.17) is 0 Å². The second kappa shape index (κ2) is 7.05. The highest BCUT2D eigenvalue weighted by molar-refractivity contribution is 7.89. The molecule has 7 nitrogen and oxygen atoms in total. The fourth-order valence-corrected chi connectivity index (χ4v) is 2.36. The molecular formula is C11H18N4O3S. The lowest BCUT2D eigenvalue weighted by Gasteiger charge is -2.07. The monoisotopic (exact) mass is 286 g/mol. The first-order valence-corrected chi connectivity index (χ1v) is 7.53. The second-order valence-electron chi connectivity index (χ2n) is 3.75. The smallest absolute Gasteiger partial charge is 0.251 e. The van der Waals surface area contributed by atoms with E-state index in [0.717, 1.165) is 0 Å². The maximum absolute atomic E-state index is 11.8. The number of anilines is 1. The average Bonchev–Trinajstić information content (AvgIpc) is 2.38. The number of nitrogens with one attached hydrogen (secondary N) is 3. The van der Waals surface area contributed by atoms with Crippen molar-refractivity contribution in [1.29, 1.82) is 0 Å². The Bertz CT molecular complexity index is 530. The molecule has 0 aliphatic rings. The van der Waals surface area contributed by atoms with Gasteiger partial charge in [0.05, 0.1) is 5.75 Å². The van der Waals surface area contributed by atoms with E-state index in [0.29, 0.717) is 17.9 Å². The Morgan fingerprint density at radius 1 is 1.42 bits per heavy atom. The molecule has 0 aliphatic heterocycles. The zero-order chi connectivity index (χ0) is 14.3. The van der Waals surface area contributed by atoms with Crippen molar-refractivity contribution in [3.8, 4) is 0 Å². The summed E-state index contributed by atoms with van der Waals surface area (Å²) in [5, 5.41) is 5.37. The molecule has 0 aliphatic carbocycles. The Hall–Kier alpha value is -1.67. The van der Waals surface area contributed by atoms with Crippen LogP contribution >= 0.6 is 0 Å². The number of nitrogens with zero attached hydrogens (tertiary/aromatic N) is 1. The predicted molar refractivity (Wildman–Crippen MR) is 73.6 cm³/mol. The van der Waals surface area contributed by atoms with Crippen LogP contribution in [0.3, 0.4) is 0 Å². The van der Waals surface area contributed by atoms with Crippen LogP contribution in [0.1, 0.15) is 17.3 Å². The summed E-state index contributed by atoms with van der Waals surface area (Å²) in [4.78, 5) is 15.8. The average molecular weight is 286 g/mol. The van der Waals surface area contributed by atoms with Crippen LogP contribution in [-0.4, -0.2) is 45.2 Å². The SMILES string of the molecule is CCNS(=O)(=O)CCNC(=O)c1ccnc(NC)c1. The molecule has 3 N–H and O–H groups in total.